The number of nitrogens with zero attached hydrogens (tertiary/aromatic N) is 6. The van der Waals surface area contributed by atoms with E-state index in [1.807, 2.05) is 0 Å². The number of nitrogen functional groups attached to an aromatic ring is 1. The van der Waals surface area contributed by atoms with Crippen LogP contribution in [-0.2, 0) is 28.8 Å². The van der Waals surface area contributed by atoms with Crippen molar-refractivity contribution in [3.8, 4) is 11.5 Å². The number of aromatic hydroxyl groups is 2. The molecule has 53 heavy (non-hydrogen) atoms. The Kier molecular flexibility index (Phi) is 9.58. The minimum atomic E-state index is -1.96. The number of aliphatic carboxylic acids is 2. The third-order valence-corrected chi connectivity index (χ3v) is 12.0. The fourth-order valence-electron chi connectivity index (χ4n) is 5.98. The summed E-state index contributed by atoms with van der Waals surface area (Å²) in [7, 11) is 0. The predicted octanol–water partition coefficient (Wildman–Crippen LogP) is 0.186. The highest BCUT2D eigenvalue weighted by Crippen LogP contribution is 2.53. The molecule has 2 aromatic rings. The average Bonchev–Trinajstić information content (AvgIpc) is 3.77. The first-order valence-electron chi connectivity index (χ1n) is 15.7. The van der Waals surface area contributed by atoms with Gasteiger partial charge in [0.2, 0.25) is 22.3 Å². The van der Waals surface area contributed by atoms with Gasteiger partial charge in [0, 0.05) is 31.4 Å². The zero-order valence-electron chi connectivity index (χ0n) is 27.7. The Bertz CT molecular complexity index is 1990. The highest BCUT2D eigenvalue weighted by molar-refractivity contribution is 8.02. The summed E-state index contributed by atoms with van der Waals surface area (Å²) in [6.07, 6.45) is -0.465. The molecule has 7 N–H and O–H groups in total. The number of thioether (sulfide) groups is 1. The summed E-state index contributed by atoms with van der Waals surface area (Å²) >= 11 is 7.77. The number of benzene rings is 1. The number of nitrogens with one attached hydrogen (secondary N) is 1. The number of hydrazine groups is 1. The number of nitrogens with two attached hydrogens (primary N) is 1. The van der Waals surface area contributed by atoms with Crippen LogP contribution in [0.1, 0.15) is 36.3 Å². The number of oxime groups is 1. The van der Waals surface area contributed by atoms with Crippen molar-refractivity contribution in [1.82, 2.24) is 30.1 Å². The van der Waals surface area contributed by atoms with Gasteiger partial charge in [0.1, 0.15) is 5.69 Å². The number of phenolic OH excluding ortho intramolecular Hbond substituents is 2. The number of carboxylic acids is 2. The summed E-state index contributed by atoms with van der Waals surface area (Å²) < 4.78 is 0. The minimum absolute atomic E-state index is 0.00527. The van der Waals surface area contributed by atoms with Crippen LogP contribution in [0.2, 0.25) is 5.02 Å². The Morgan fingerprint density at radius 3 is 2.47 bits per heavy atom. The first-order chi connectivity index (χ1) is 24.9. The van der Waals surface area contributed by atoms with E-state index in [-0.39, 0.29) is 53.3 Å². The Hall–Kier alpha value is -5.35. The molecule has 0 aliphatic carbocycles. The van der Waals surface area contributed by atoms with E-state index >= 15 is 0 Å². The molecule has 5 heterocycles. The molecule has 5 amide bonds. The van der Waals surface area contributed by atoms with Crippen molar-refractivity contribution in [2.24, 2.45) is 17.0 Å². The lowest BCUT2D eigenvalue weighted by Crippen LogP contribution is -2.61. The zero-order chi connectivity index (χ0) is 38.7. The van der Waals surface area contributed by atoms with Crippen LogP contribution in [0.25, 0.3) is 0 Å². The maximum Gasteiger partial charge on any atom is 0.350 e. The fraction of sp³-hybridized carbons (Fsp3) is 0.433. The lowest BCUT2D eigenvalue weighted by Gasteiger charge is -2.40. The molecule has 0 spiro atoms. The molecule has 3 atom stereocenters. The van der Waals surface area contributed by atoms with Gasteiger partial charge in [0.15, 0.2) is 28.1 Å². The number of anilines is 1. The number of carboxylic acid groups (broad SMARTS) is 2. The Balaban J connectivity index is 1.09. The summed E-state index contributed by atoms with van der Waals surface area (Å²) in [5, 5.41) is 44.2. The molecule has 4 aliphatic rings. The largest absolute Gasteiger partial charge is 0.504 e. The Morgan fingerprint density at radius 2 is 1.85 bits per heavy atom. The number of amides is 5. The Labute approximate surface area is 312 Å². The number of hydrogen-bond donors (Lipinski definition) is 6. The summed E-state index contributed by atoms with van der Waals surface area (Å²) in [4.78, 5) is 101. The SMILES string of the molecule is CC(C)(O/N=C(\C(=O)C[C@@H]1C(=O)N2C[C@@](C(=O)O)(N3CCN(NC(=O)C4CN(C(=O)c5ccc(O)c(O)c5Cl)C4)C3=O)S[C@H]12)c1csc(N)n1)C(=O)O. The molecule has 1 aromatic carbocycles. The van der Waals surface area contributed by atoms with Gasteiger partial charge >= 0.3 is 18.0 Å². The number of thiazole rings is 1. The van der Waals surface area contributed by atoms with Gasteiger partial charge in [-0.25, -0.2) is 24.4 Å². The van der Waals surface area contributed by atoms with Crippen molar-refractivity contribution >= 4 is 87.0 Å². The van der Waals surface area contributed by atoms with Gasteiger partial charge < -0.3 is 40.8 Å². The van der Waals surface area contributed by atoms with Crippen LogP contribution < -0.4 is 11.2 Å². The van der Waals surface area contributed by atoms with Crippen molar-refractivity contribution < 1.29 is 58.8 Å². The number of ketones is 1. The first-order valence-corrected chi connectivity index (χ1v) is 17.8. The van der Waals surface area contributed by atoms with E-state index in [0.29, 0.717) is 0 Å². The third kappa shape index (κ3) is 6.50. The normalized spacial score (nSPS) is 23.0. The number of hydrogen-bond acceptors (Lipinski definition) is 15. The van der Waals surface area contributed by atoms with Crippen molar-refractivity contribution in [2.75, 3.05) is 38.5 Å². The van der Waals surface area contributed by atoms with E-state index in [1.165, 1.54) is 35.1 Å². The molecule has 282 valence electrons. The number of carbonyl (C=O) groups excluding carboxylic acids is 5. The smallest absolute Gasteiger partial charge is 0.350 e. The molecule has 20 nitrogen and oxygen atoms in total. The number of Topliss-reactive ketones (excluding diaryl/α,β-unsaturated/α-hetero) is 1. The number of aromatic nitrogens is 1. The second-order valence-corrected chi connectivity index (χ2v) is 15.6. The van der Waals surface area contributed by atoms with Crippen LogP contribution in [0, 0.1) is 11.8 Å². The van der Waals surface area contributed by atoms with Crippen LogP contribution in [0.3, 0.4) is 0 Å². The number of likely N-dealkylation sites (tertiary alicyclic amines) is 1. The number of urea groups is 1. The summed E-state index contributed by atoms with van der Waals surface area (Å²) in [5.41, 5.74) is 5.90. The number of halogens is 1. The van der Waals surface area contributed by atoms with Gasteiger partial charge in [-0.05, 0) is 26.0 Å². The first kappa shape index (κ1) is 37.4. The van der Waals surface area contributed by atoms with Crippen LogP contribution in [-0.4, -0.2) is 141 Å². The van der Waals surface area contributed by atoms with Gasteiger partial charge in [-0.3, -0.25) is 29.5 Å². The molecule has 6 rings (SSSR count). The lowest BCUT2D eigenvalue weighted by molar-refractivity contribution is -0.161. The maximum absolute atomic E-state index is 13.5. The highest BCUT2D eigenvalue weighted by Gasteiger charge is 2.66. The van der Waals surface area contributed by atoms with Crippen LogP contribution in [0.5, 0.6) is 11.5 Å². The molecular weight excluding hydrogens is 764 g/mol. The van der Waals surface area contributed by atoms with Crippen molar-refractivity contribution in [3.63, 3.8) is 0 Å². The molecule has 0 radical (unpaired) electrons. The van der Waals surface area contributed by atoms with Gasteiger partial charge in [0.25, 0.3) is 5.91 Å². The molecule has 1 aromatic heterocycles. The zero-order valence-corrected chi connectivity index (χ0v) is 30.1. The molecule has 4 aliphatic heterocycles. The van der Waals surface area contributed by atoms with E-state index < -0.39 is 93.6 Å². The maximum atomic E-state index is 13.5. The van der Waals surface area contributed by atoms with Gasteiger partial charge in [0.05, 0.1) is 40.9 Å². The second kappa shape index (κ2) is 13.6. The second-order valence-electron chi connectivity index (χ2n) is 13.0. The fourth-order valence-corrected chi connectivity index (χ4v) is 8.46. The topological polar surface area (TPSA) is 286 Å². The Morgan fingerprint density at radius 1 is 1.15 bits per heavy atom. The van der Waals surface area contributed by atoms with E-state index in [1.54, 1.807) is 0 Å². The molecule has 4 fully saturated rings. The van der Waals surface area contributed by atoms with Gasteiger partial charge in [-0.2, -0.15) is 0 Å². The summed E-state index contributed by atoms with van der Waals surface area (Å²) in [6, 6.07) is 1.48. The highest BCUT2D eigenvalue weighted by atomic mass is 35.5. The van der Waals surface area contributed by atoms with E-state index in [2.05, 4.69) is 15.6 Å². The summed E-state index contributed by atoms with van der Waals surface area (Å²) in [6.45, 7) is 1.70. The molecule has 4 saturated heterocycles. The quantitative estimate of drug-likeness (QED) is 0.0724. The van der Waals surface area contributed by atoms with Crippen molar-refractivity contribution in [3.05, 3.63) is 33.8 Å². The molecule has 23 heteroatoms. The number of rotatable bonds is 12. The molecule has 0 unspecified atom stereocenters. The molecular formula is C30H31ClN8O12S2. The average molecular weight is 795 g/mol. The van der Waals surface area contributed by atoms with Crippen LogP contribution in [0.4, 0.5) is 9.93 Å². The van der Waals surface area contributed by atoms with Gasteiger partial charge in [-0.1, -0.05) is 28.5 Å². The van der Waals surface area contributed by atoms with E-state index in [0.717, 1.165) is 39.1 Å². The standard InChI is InChI=1S/C30H31ClN8O12S2/c1-29(2,25(46)47)51-35-19(15-10-52-27(32)33-15)17(41)7-14-23(45)37-11-30(26(48)49,53-24(14)37)38-5-6-39(28(38)50)34-21(43)12-8-36(9-12)22(44)13-3-4-16(40)20(42)18(13)31/h3-4,10,12,14,24,40,42H,5-9,11H2,1-2H3,(H2,32,33)(H,34,43)(H,46,47)(H,48,49)/b35-19-/t14-,24-,30-/m1/s1. The van der Waals surface area contributed by atoms with Gasteiger partial charge in [-0.15, -0.1) is 11.3 Å². The van der Waals surface area contributed by atoms with Crippen LogP contribution >= 0.6 is 34.7 Å². The third-order valence-electron chi connectivity index (χ3n) is 9.16. The monoisotopic (exact) mass is 794 g/mol. The number of β-lactam (4-membered cyclic amide) rings is 1. The number of fused-ring (bicyclic) bond motifs is 1. The predicted molar refractivity (Wildman–Crippen MR) is 184 cm³/mol. The lowest BCUT2D eigenvalue weighted by atomic mass is 9.90. The van der Waals surface area contributed by atoms with Crippen LogP contribution in [0.15, 0.2) is 22.7 Å². The minimum Gasteiger partial charge on any atom is -0.504 e. The number of phenols is 2. The summed E-state index contributed by atoms with van der Waals surface area (Å²) in [5.74, 6) is -8.20. The van der Waals surface area contributed by atoms with Crippen molar-refractivity contribution in [2.45, 2.75) is 36.1 Å². The van der Waals surface area contributed by atoms with E-state index in [9.17, 15) is 54.0 Å². The number of carbonyl (C=O) groups is 7. The molecule has 0 saturated carbocycles. The molecule has 0 bridgehead atoms. The van der Waals surface area contributed by atoms with Crippen molar-refractivity contribution in [1.29, 1.82) is 0 Å². The van der Waals surface area contributed by atoms with E-state index in [4.69, 9.17) is 22.2 Å².